The quantitative estimate of drug-likeness (QED) is 0.357. The normalized spacial score (nSPS) is 10.6. The highest BCUT2D eigenvalue weighted by Crippen LogP contribution is 2.48. The van der Waals surface area contributed by atoms with Gasteiger partial charge in [0.05, 0.1) is 15.1 Å². The number of benzene rings is 2. The molecule has 4 nitrogen and oxygen atoms in total. The molecule has 27 heavy (non-hydrogen) atoms. The summed E-state index contributed by atoms with van der Waals surface area (Å²) >= 11 is 30.0. The first-order valence-corrected chi connectivity index (χ1v) is 9.98. The van der Waals surface area contributed by atoms with Gasteiger partial charge in [-0.3, -0.25) is 4.79 Å². The van der Waals surface area contributed by atoms with Crippen LogP contribution in [0.2, 0.25) is 25.1 Å². The smallest absolute Gasteiger partial charge is 0.262 e. The van der Waals surface area contributed by atoms with E-state index in [-0.39, 0.29) is 43.4 Å². The van der Waals surface area contributed by atoms with Gasteiger partial charge in [-0.15, -0.1) is 0 Å². The number of carbonyl (C=O) groups is 1. The molecule has 0 saturated carbocycles. The third-order valence-corrected chi connectivity index (χ3v) is 6.04. The Morgan fingerprint density at radius 3 is 1.85 bits per heavy atom. The molecule has 0 bridgehead atoms. The van der Waals surface area contributed by atoms with Crippen LogP contribution in [0.4, 0.5) is 11.4 Å². The van der Waals surface area contributed by atoms with Crippen molar-refractivity contribution in [2.75, 3.05) is 29.9 Å². The summed E-state index contributed by atoms with van der Waals surface area (Å²) in [6, 6.07) is 7.52. The molecule has 0 spiro atoms. The van der Waals surface area contributed by atoms with Gasteiger partial charge < -0.3 is 15.0 Å². The number of anilines is 2. The lowest BCUT2D eigenvalue weighted by Crippen LogP contribution is -2.22. The minimum absolute atomic E-state index is 0.00441. The number of hydrogen-bond donors (Lipinski definition) is 1. The number of hydrogen-bond acceptors (Lipinski definition) is 3. The Labute approximate surface area is 183 Å². The van der Waals surface area contributed by atoms with E-state index in [1.165, 1.54) is 0 Å². The number of amides is 1. The Morgan fingerprint density at radius 2 is 1.37 bits per heavy atom. The van der Waals surface area contributed by atoms with Crippen LogP contribution in [0.5, 0.6) is 5.75 Å². The van der Waals surface area contributed by atoms with Crippen molar-refractivity contribution >= 4 is 75.3 Å². The molecule has 0 aliphatic heterocycles. The van der Waals surface area contributed by atoms with E-state index in [1.807, 2.05) is 24.3 Å². The van der Waals surface area contributed by atoms with Gasteiger partial charge in [0.25, 0.3) is 5.91 Å². The zero-order chi connectivity index (χ0) is 20.1. The van der Waals surface area contributed by atoms with Crippen LogP contribution in [0.15, 0.2) is 24.3 Å². The Morgan fingerprint density at radius 1 is 0.889 bits per heavy atom. The number of nitrogens with one attached hydrogen (secondary N) is 1. The average molecular weight is 471 g/mol. The van der Waals surface area contributed by atoms with E-state index in [4.69, 9.17) is 62.7 Å². The van der Waals surface area contributed by atoms with Crippen molar-refractivity contribution in [3.8, 4) is 5.75 Å². The number of halogens is 5. The zero-order valence-electron chi connectivity index (χ0n) is 14.6. The molecule has 2 rings (SSSR count). The van der Waals surface area contributed by atoms with E-state index in [1.54, 1.807) is 0 Å². The Hall–Kier alpha value is -1.04. The predicted octanol–water partition coefficient (Wildman–Crippen LogP) is 6.82. The van der Waals surface area contributed by atoms with E-state index in [2.05, 4.69) is 24.1 Å². The fourth-order valence-corrected chi connectivity index (χ4v) is 3.62. The SMILES string of the molecule is CCN(CC)c1ccc(NC(=O)COc2c(Cl)c(Cl)c(Cl)c(Cl)c2Cl)cc1. The molecule has 0 atom stereocenters. The van der Waals surface area contributed by atoms with Gasteiger partial charge in [-0.05, 0) is 38.1 Å². The molecule has 0 unspecified atom stereocenters. The predicted molar refractivity (Wildman–Crippen MR) is 116 cm³/mol. The molecule has 0 fully saturated rings. The zero-order valence-corrected chi connectivity index (χ0v) is 18.4. The van der Waals surface area contributed by atoms with Crippen LogP contribution in [-0.2, 0) is 4.79 Å². The molecule has 1 amide bonds. The number of nitrogens with zero attached hydrogens (tertiary/aromatic N) is 1. The molecule has 2 aromatic rings. The number of carbonyl (C=O) groups excluding carboxylic acids is 1. The van der Waals surface area contributed by atoms with Crippen molar-refractivity contribution < 1.29 is 9.53 Å². The van der Waals surface area contributed by atoms with Crippen molar-refractivity contribution in [1.82, 2.24) is 0 Å². The van der Waals surface area contributed by atoms with Crippen LogP contribution in [-0.4, -0.2) is 25.6 Å². The second-order valence-electron chi connectivity index (χ2n) is 5.46. The fraction of sp³-hybridized carbons (Fsp3) is 0.278. The van der Waals surface area contributed by atoms with Gasteiger partial charge in [0, 0.05) is 24.5 Å². The molecule has 1 N–H and O–H groups in total. The second-order valence-corrected chi connectivity index (χ2v) is 7.34. The van der Waals surface area contributed by atoms with Gasteiger partial charge in [0.2, 0.25) is 0 Å². The monoisotopic (exact) mass is 468 g/mol. The van der Waals surface area contributed by atoms with Crippen LogP contribution in [0.1, 0.15) is 13.8 Å². The van der Waals surface area contributed by atoms with Crippen molar-refractivity contribution in [2.45, 2.75) is 13.8 Å². The molecule has 0 saturated heterocycles. The molecule has 0 radical (unpaired) electrons. The lowest BCUT2D eigenvalue weighted by Gasteiger charge is -2.21. The van der Waals surface area contributed by atoms with Crippen molar-refractivity contribution in [2.24, 2.45) is 0 Å². The number of ether oxygens (including phenoxy) is 1. The van der Waals surface area contributed by atoms with Gasteiger partial charge in [0.1, 0.15) is 10.0 Å². The lowest BCUT2D eigenvalue weighted by molar-refractivity contribution is -0.118. The van der Waals surface area contributed by atoms with Gasteiger partial charge in [0.15, 0.2) is 12.4 Å². The summed E-state index contributed by atoms with van der Waals surface area (Å²) in [7, 11) is 0. The van der Waals surface area contributed by atoms with Gasteiger partial charge in [-0.25, -0.2) is 0 Å². The highest BCUT2D eigenvalue weighted by atomic mass is 35.5. The molecule has 0 aliphatic carbocycles. The first kappa shape index (κ1) is 22.3. The maximum atomic E-state index is 12.2. The Kier molecular flexibility index (Phi) is 8.20. The van der Waals surface area contributed by atoms with Gasteiger partial charge in [-0.2, -0.15) is 0 Å². The molecule has 146 valence electrons. The van der Waals surface area contributed by atoms with Crippen LogP contribution < -0.4 is 15.0 Å². The summed E-state index contributed by atoms with van der Waals surface area (Å²) in [6.07, 6.45) is 0. The summed E-state index contributed by atoms with van der Waals surface area (Å²) in [5.74, 6) is -0.385. The maximum absolute atomic E-state index is 12.2. The van der Waals surface area contributed by atoms with Gasteiger partial charge in [-0.1, -0.05) is 58.0 Å². The van der Waals surface area contributed by atoms with E-state index in [0.29, 0.717) is 5.69 Å². The first-order valence-electron chi connectivity index (χ1n) is 8.09. The Balaban J connectivity index is 2.03. The summed E-state index contributed by atoms with van der Waals surface area (Å²) in [4.78, 5) is 14.4. The largest absolute Gasteiger partial charge is 0.481 e. The fourth-order valence-electron chi connectivity index (χ4n) is 2.39. The summed E-state index contributed by atoms with van der Waals surface area (Å²) < 4.78 is 5.40. The molecule has 9 heteroatoms. The van der Waals surface area contributed by atoms with Crippen LogP contribution >= 0.6 is 58.0 Å². The highest BCUT2D eigenvalue weighted by Gasteiger charge is 2.21. The van der Waals surface area contributed by atoms with Crippen molar-refractivity contribution in [1.29, 1.82) is 0 Å². The molecular formula is C18H17Cl5N2O2. The average Bonchev–Trinajstić information content (AvgIpc) is 2.67. The topological polar surface area (TPSA) is 41.6 Å². The van der Waals surface area contributed by atoms with E-state index < -0.39 is 0 Å². The molecule has 0 aromatic heterocycles. The molecule has 0 heterocycles. The van der Waals surface area contributed by atoms with E-state index >= 15 is 0 Å². The third-order valence-electron chi connectivity index (χ3n) is 3.80. The third kappa shape index (κ3) is 5.27. The summed E-state index contributed by atoms with van der Waals surface area (Å²) in [5, 5.41) is 2.76. The van der Waals surface area contributed by atoms with Crippen molar-refractivity contribution in [3.05, 3.63) is 49.4 Å². The van der Waals surface area contributed by atoms with Gasteiger partial charge >= 0.3 is 0 Å². The minimum Gasteiger partial charge on any atom is -0.481 e. The van der Waals surface area contributed by atoms with E-state index in [0.717, 1.165) is 18.8 Å². The van der Waals surface area contributed by atoms with Crippen LogP contribution in [0.3, 0.4) is 0 Å². The van der Waals surface area contributed by atoms with Crippen LogP contribution in [0, 0.1) is 0 Å². The maximum Gasteiger partial charge on any atom is 0.262 e. The molecular weight excluding hydrogens is 453 g/mol. The first-order chi connectivity index (χ1) is 12.8. The van der Waals surface area contributed by atoms with Crippen LogP contribution in [0.25, 0.3) is 0 Å². The highest BCUT2D eigenvalue weighted by molar-refractivity contribution is 6.55. The minimum atomic E-state index is -0.389. The number of rotatable bonds is 7. The summed E-state index contributed by atoms with van der Waals surface area (Å²) in [6.45, 7) is 5.66. The standard InChI is InChI=1S/C18H17Cl5N2O2/c1-3-25(4-2)11-7-5-10(6-8-11)24-12(26)9-27-18-16(22)14(20)13(19)15(21)17(18)23/h5-8H,3-4,9H2,1-2H3,(H,24,26). The molecule has 2 aromatic carbocycles. The van der Waals surface area contributed by atoms with E-state index in [9.17, 15) is 4.79 Å². The van der Waals surface area contributed by atoms with Crippen molar-refractivity contribution in [3.63, 3.8) is 0 Å². The second kappa shape index (κ2) is 9.94. The Bertz CT molecular complexity index is 794. The molecule has 0 aliphatic rings. The summed E-state index contributed by atoms with van der Waals surface area (Å²) in [5.41, 5.74) is 1.72. The lowest BCUT2D eigenvalue weighted by atomic mass is 10.2.